The largest absolute Gasteiger partial charge is 0.337 e. The second-order valence-electron chi connectivity index (χ2n) is 7.04. The summed E-state index contributed by atoms with van der Waals surface area (Å²) in [6, 6.07) is 10.3. The van der Waals surface area contributed by atoms with Crippen molar-refractivity contribution < 1.29 is 4.79 Å². The minimum atomic E-state index is 0.0489. The Morgan fingerprint density at radius 1 is 1.33 bits per heavy atom. The SMILES string of the molecule is CCc1cn[nH]c1[C@H]1CCCN(C(=O)c2csc(Cc3ccccc3)n2)C1. The molecule has 0 aliphatic carbocycles. The van der Waals surface area contributed by atoms with E-state index in [1.54, 1.807) is 11.3 Å². The smallest absolute Gasteiger partial charge is 0.273 e. The summed E-state index contributed by atoms with van der Waals surface area (Å²) >= 11 is 1.57. The Kier molecular flexibility index (Phi) is 5.34. The van der Waals surface area contributed by atoms with E-state index in [-0.39, 0.29) is 5.91 Å². The van der Waals surface area contributed by atoms with Crippen molar-refractivity contribution in [3.05, 3.63) is 69.4 Å². The summed E-state index contributed by atoms with van der Waals surface area (Å²) in [5.74, 6) is 0.385. The first kappa shape index (κ1) is 17.9. The van der Waals surface area contributed by atoms with Crippen molar-refractivity contribution in [2.24, 2.45) is 0 Å². The predicted octanol–water partition coefficient (Wildman–Crippen LogP) is 4.04. The lowest BCUT2D eigenvalue weighted by atomic mass is 9.92. The molecule has 5 nitrogen and oxygen atoms in total. The molecule has 1 amide bonds. The molecule has 2 aromatic heterocycles. The lowest BCUT2D eigenvalue weighted by molar-refractivity contribution is 0.0700. The summed E-state index contributed by atoms with van der Waals surface area (Å²) < 4.78 is 0. The van der Waals surface area contributed by atoms with E-state index < -0.39 is 0 Å². The molecule has 27 heavy (non-hydrogen) atoms. The third-order valence-electron chi connectivity index (χ3n) is 5.22. The van der Waals surface area contributed by atoms with E-state index in [1.807, 2.05) is 34.7 Å². The van der Waals surface area contributed by atoms with Gasteiger partial charge in [-0.05, 0) is 30.4 Å². The van der Waals surface area contributed by atoms with E-state index in [0.717, 1.165) is 43.8 Å². The van der Waals surface area contributed by atoms with E-state index in [9.17, 15) is 4.79 Å². The molecule has 1 aromatic carbocycles. The van der Waals surface area contributed by atoms with Crippen LogP contribution in [-0.2, 0) is 12.8 Å². The number of aromatic nitrogens is 3. The third kappa shape index (κ3) is 3.95. The highest BCUT2D eigenvalue weighted by Gasteiger charge is 2.28. The Bertz CT molecular complexity index is 902. The Morgan fingerprint density at radius 2 is 2.19 bits per heavy atom. The molecule has 1 saturated heterocycles. The summed E-state index contributed by atoms with van der Waals surface area (Å²) in [4.78, 5) is 19.5. The number of amides is 1. The number of likely N-dealkylation sites (tertiary alicyclic amines) is 1. The number of piperidine rings is 1. The van der Waals surface area contributed by atoms with Crippen molar-refractivity contribution in [2.45, 2.75) is 38.5 Å². The van der Waals surface area contributed by atoms with Crippen LogP contribution in [0.4, 0.5) is 0 Å². The monoisotopic (exact) mass is 380 g/mol. The van der Waals surface area contributed by atoms with Crippen LogP contribution in [-0.4, -0.2) is 39.1 Å². The summed E-state index contributed by atoms with van der Waals surface area (Å²) in [5, 5.41) is 10.2. The highest BCUT2D eigenvalue weighted by atomic mass is 32.1. The van der Waals surface area contributed by atoms with Crippen molar-refractivity contribution in [1.82, 2.24) is 20.1 Å². The Morgan fingerprint density at radius 3 is 3.00 bits per heavy atom. The average Bonchev–Trinajstić information content (AvgIpc) is 3.37. The number of rotatable bonds is 5. The molecule has 0 radical (unpaired) electrons. The van der Waals surface area contributed by atoms with Gasteiger partial charge >= 0.3 is 0 Å². The number of nitrogens with zero attached hydrogens (tertiary/aromatic N) is 3. The molecule has 1 aliphatic heterocycles. The van der Waals surface area contributed by atoms with Crippen molar-refractivity contribution in [3.8, 4) is 0 Å². The molecule has 3 heterocycles. The van der Waals surface area contributed by atoms with Crippen LogP contribution < -0.4 is 0 Å². The number of nitrogens with one attached hydrogen (secondary N) is 1. The van der Waals surface area contributed by atoms with Crippen molar-refractivity contribution in [1.29, 1.82) is 0 Å². The van der Waals surface area contributed by atoms with Gasteiger partial charge in [-0.25, -0.2) is 4.98 Å². The number of aryl methyl sites for hydroxylation is 1. The highest BCUT2D eigenvalue weighted by molar-refractivity contribution is 7.09. The summed E-state index contributed by atoms with van der Waals surface area (Å²) in [6.07, 6.45) is 5.75. The standard InChI is InChI=1S/C21H24N4OS/c1-2-16-12-22-24-20(16)17-9-6-10-25(13-17)21(26)18-14-27-19(23-18)11-15-7-4-3-5-8-15/h3-5,7-8,12,14,17H,2,6,9-11,13H2,1H3,(H,22,24)/t17-/m0/s1. The van der Waals surface area contributed by atoms with Crippen LogP contribution in [0.15, 0.2) is 41.9 Å². The van der Waals surface area contributed by atoms with Gasteiger partial charge in [0, 0.05) is 36.5 Å². The zero-order valence-corrected chi connectivity index (χ0v) is 16.3. The molecule has 1 aliphatic rings. The van der Waals surface area contributed by atoms with E-state index >= 15 is 0 Å². The van der Waals surface area contributed by atoms with Gasteiger partial charge < -0.3 is 4.90 Å². The maximum atomic E-state index is 13.0. The topological polar surface area (TPSA) is 61.9 Å². The Balaban J connectivity index is 1.45. The summed E-state index contributed by atoms with van der Waals surface area (Å²) in [5.41, 5.74) is 4.24. The second kappa shape index (κ2) is 8.05. The maximum absolute atomic E-state index is 13.0. The fraction of sp³-hybridized carbons (Fsp3) is 0.381. The maximum Gasteiger partial charge on any atom is 0.273 e. The number of hydrogen-bond donors (Lipinski definition) is 1. The molecule has 140 valence electrons. The van der Waals surface area contributed by atoms with Gasteiger partial charge in [0.1, 0.15) is 5.69 Å². The fourth-order valence-corrected chi connectivity index (χ4v) is 4.58. The lowest BCUT2D eigenvalue weighted by Crippen LogP contribution is -2.39. The third-order valence-corrected chi connectivity index (χ3v) is 6.07. The average molecular weight is 381 g/mol. The number of thiazole rings is 1. The lowest BCUT2D eigenvalue weighted by Gasteiger charge is -2.32. The van der Waals surface area contributed by atoms with Crippen molar-refractivity contribution in [3.63, 3.8) is 0 Å². The molecular formula is C21H24N4OS. The Hall–Kier alpha value is -2.47. The van der Waals surface area contributed by atoms with Crippen molar-refractivity contribution in [2.75, 3.05) is 13.1 Å². The van der Waals surface area contributed by atoms with E-state index in [1.165, 1.54) is 16.8 Å². The van der Waals surface area contributed by atoms with E-state index in [4.69, 9.17) is 0 Å². The number of benzene rings is 1. The molecule has 0 unspecified atom stereocenters. The normalized spacial score (nSPS) is 17.2. The van der Waals surface area contributed by atoms with Crippen LogP contribution in [0.2, 0.25) is 0 Å². The molecule has 4 rings (SSSR count). The van der Waals surface area contributed by atoms with Crippen LogP contribution >= 0.6 is 11.3 Å². The van der Waals surface area contributed by atoms with Gasteiger partial charge in [0.15, 0.2) is 0 Å². The zero-order valence-electron chi connectivity index (χ0n) is 15.5. The molecule has 6 heteroatoms. The van der Waals surface area contributed by atoms with Crippen LogP contribution in [0.25, 0.3) is 0 Å². The predicted molar refractivity (Wildman–Crippen MR) is 107 cm³/mol. The van der Waals surface area contributed by atoms with Gasteiger partial charge in [-0.2, -0.15) is 5.10 Å². The van der Waals surface area contributed by atoms with Crippen LogP contribution in [0.1, 0.15) is 58.0 Å². The molecule has 3 aromatic rings. The molecule has 1 N–H and O–H groups in total. The molecule has 0 saturated carbocycles. The first-order valence-electron chi connectivity index (χ1n) is 9.54. The highest BCUT2D eigenvalue weighted by Crippen LogP contribution is 2.29. The summed E-state index contributed by atoms with van der Waals surface area (Å²) in [6.45, 7) is 3.68. The van der Waals surface area contributed by atoms with Crippen LogP contribution in [0.5, 0.6) is 0 Å². The number of carbonyl (C=O) groups excluding carboxylic acids is 1. The fourth-order valence-electron chi connectivity index (χ4n) is 3.78. The number of aromatic amines is 1. The molecule has 0 bridgehead atoms. The first-order valence-corrected chi connectivity index (χ1v) is 10.4. The van der Waals surface area contributed by atoms with Gasteiger partial charge in [-0.3, -0.25) is 9.89 Å². The minimum Gasteiger partial charge on any atom is -0.337 e. The zero-order chi connectivity index (χ0) is 18.6. The number of H-pyrrole nitrogens is 1. The minimum absolute atomic E-state index is 0.0489. The molecule has 1 fully saturated rings. The molecule has 0 spiro atoms. The van der Waals surface area contributed by atoms with Crippen LogP contribution in [0.3, 0.4) is 0 Å². The van der Waals surface area contributed by atoms with Gasteiger partial charge in [0.2, 0.25) is 0 Å². The molecular weight excluding hydrogens is 356 g/mol. The van der Waals surface area contributed by atoms with Crippen LogP contribution in [0, 0.1) is 0 Å². The first-order chi connectivity index (χ1) is 13.2. The second-order valence-corrected chi connectivity index (χ2v) is 7.98. The van der Waals surface area contributed by atoms with Gasteiger partial charge in [0.25, 0.3) is 5.91 Å². The summed E-state index contributed by atoms with van der Waals surface area (Å²) in [7, 11) is 0. The van der Waals surface area contributed by atoms with Gasteiger partial charge in [-0.15, -0.1) is 11.3 Å². The molecule has 1 atom stereocenters. The van der Waals surface area contributed by atoms with E-state index in [0.29, 0.717) is 11.6 Å². The number of hydrogen-bond acceptors (Lipinski definition) is 4. The number of carbonyl (C=O) groups is 1. The Labute approximate surface area is 163 Å². The quantitative estimate of drug-likeness (QED) is 0.727. The van der Waals surface area contributed by atoms with Gasteiger partial charge in [0.05, 0.1) is 11.2 Å². The van der Waals surface area contributed by atoms with E-state index in [2.05, 4.69) is 34.2 Å². The van der Waals surface area contributed by atoms with Gasteiger partial charge in [-0.1, -0.05) is 37.3 Å². The van der Waals surface area contributed by atoms with Crippen molar-refractivity contribution >= 4 is 17.2 Å².